The zero-order chi connectivity index (χ0) is 25.3. The largest absolute Gasteiger partial charge is 0.476 e. The highest BCUT2D eigenvalue weighted by atomic mass is 35.5. The fraction of sp³-hybridized carbons (Fsp3) is 0.154. The monoisotopic (exact) mass is 501 g/mol. The first-order valence-corrected chi connectivity index (χ1v) is 10.9. The topological polar surface area (TPSA) is 68.5 Å². The van der Waals surface area contributed by atoms with E-state index in [4.69, 9.17) is 20.8 Å². The van der Waals surface area contributed by atoms with E-state index in [-0.39, 0.29) is 27.6 Å². The highest BCUT2D eigenvalue weighted by Crippen LogP contribution is 2.34. The smallest absolute Gasteiger partial charge is 0.416 e. The summed E-state index contributed by atoms with van der Waals surface area (Å²) in [5, 5.41) is 2.50. The van der Waals surface area contributed by atoms with E-state index in [1.807, 2.05) is 13.8 Å². The van der Waals surface area contributed by atoms with Crippen LogP contribution in [0.2, 0.25) is 5.02 Å². The number of aryl methyl sites for hydroxylation is 2. The van der Waals surface area contributed by atoms with Crippen LogP contribution in [0.4, 0.5) is 18.9 Å². The summed E-state index contributed by atoms with van der Waals surface area (Å²) < 4.78 is 50.6. The third kappa shape index (κ3) is 5.17. The average molecular weight is 502 g/mol. The van der Waals surface area contributed by atoms with Crippen molar-refractivity contribution in [2.45, 2.75) is 20.0 Å². The van der Waals surface area contributed by atoms with Gasteiger partial charge in [0.05, 0.1) is 21.7 Å². The average Bonchev–Trinajstić information content (AvgIpc) is 2.81. The normalized spacial score (nSPS) is 11.5. The zero-order valence-electron chi connectivity index (χ0n) is 18.6. The van der Waals surface area contributed by atoms with Crippen LogP contribution in [-0.4, -0.2) is 12.5 Å². The van der Waals surface area contributed by atoms with Crippen molar-refractivity contribution in [3.8, 4) is 17.1 Å². The summed E-state index contributed by atoms with van der Waals surface area (Å²) in [6, 6.07) is 14.8. The van der Waals surface area contributed by atoms with E-state index in [0.717, 1.165) is 29.3 Å². The van der Waals surface area contributed by atoms with Crippen molar-refractivity contribution in [1.82, 2.24) is 0 Å². The van der Waals surface area contributed by atoms with E-state index in [2.05, 4.69) is 5.32 Å². The summed E-state index contributed by atoms with van der Waals surface area (Å²) in [5.74, 6) is -0.849. The maximum Gasteiger partial charge on any atom is 0.416 e. The van der Waals surface area contributed by atoms with Crippen LogP contribution in [0.1, 0.15) is 16.7 Å². The Morgan fingerprint density at radius 3 is 2.40 bits per heavy atom. The van der Waals surface area contributed by atoms with Gasteiger partial charge in [0.2, 0.25) is 11.2 Å². The van der Waals surface area contributed by atoms with Crippen LogP contribution in [0, 0.1) is 13.8 Å². The maximum atomic E-state index is 13.3. The van der Waals surface area contributed by atoms with E-state index in [0.29, 0.717) is 11.1 Å². The number of ether oxygens (including phenoxy) is 1. The van der Waals surface area contributed by atoms with Crippen molar-refractivity contribution in [1.29, 1.82) is 0 Å². The third-order valence-corrected chi connectivity index (χ3v) is 5.75. The van der Waals surface area contributed by atoms with Gasteiger partial charge in [0.25, 0.3) is 5.91 Å². The summed E-state index contributed by atoms with van der Waals surface area (Å²) >= 11 is 5.94. The van der Waals surface area contributed by atoms with Crippen LogP contribution in [-0.2, 0) is 11.0 Å². The summed E-state index contributed by atoms with van der Waals surface area (Å²) in [4.78, 5) is 25.8. The van der Waals surface area contributed by atoms with Crippen molar-refractivity contribution in [2.24, 2.45) is 0 Å². The van der Waals surface area contributed by atoms with Crippen LogP contribution in [0.5, 0.6) is 5.75 Å². The number of rotatable bonds is 5. The van der Waals surface area contributed by atoms with Gasteiger partial charge in [-0.05, 0) is 55.3 Å². The second kappa shape index (κ2) is 9.46. The Kier molecular flexibility index (Phi) is 6.58. The van der Waals surface area contributed by atoms with Crippen LogP contribution < -0.4 is 15.5 Å². The van der Waals surface area contributed by atoms with Crippen molar-refractivity contribution in [3.05, 3.63) is 92.6 Å². The van der Waals surface area contributed by atoms with Gasteiger partial charge in [-0.25, -0.2) is 0 Å². The number of hydrogen-bond acceptors (Lipinski definition) is 4. The number of carbonyl (C=O) groups is 1. The number of halogens is 4. The number of fused-ring (bicyclic) bond motifs is 1. The van der Waals surface area contributed by atoms with Gasteiger partial charge in [0.1, 0.15) is 5.58 Å². The Morgan fingerprint density at radius 2 is 1.71 bits per heavy atom. The molecule has 0 saturated carbocycles. The number of amides is 1. The molecular formula is C26H19ClF3NO4. The van der Waals surface area contributed by atoms with E-state index < -0.39 is 29.7 Å². The van der Waals surface area contributed by atoms with Crippen LogP contribution >= 0.6 is 11.6 Å². The molecule has 0 saturated heterocycles. The molecule has 0 bridgehead atoms. The first-order chi connectivity index (χ1) is 16.5. The number of benzene rings is 3. The SMILES string of the molecule is Cc1cc2oc(-c3ccccc3)c(OCC(=O)Nc3cc(C(F)(F)F)ccc3Cl)c(=O)c2cc1C. The molecule has 5 nitrogen and oxygen atoms in total. The van der Waals surface area contributed by atoms with Crippen molar-refractivity contribution in [2.75, 3.05) is 11.9 Å². The maximum absolute atomic E-state index is 13.3. The van der Waals surface area contributed by atoms with E-state index in [1.54, 1.807) is 42.5 Å². The molecule has 1 heterocycles. The van der Waals surface area contributed by atoms with Gasteiger partial charge in [-0.3, -0.25) is 9.59 Å². The van der Waals surface area contributed by atoms with E-state index >= 15 is 0 Å². The minimum absolute atomic E-state index is 0.0765. The number of anilines is 1. The lowest BCUT2D eigenvalue weighted by molar-refractivity contribution is -0.137. The fourth-order valence-electron chi connectivity index (χ4n) is 3.47. The highest BCUT2D eigenvalue weighted by Gasteiger charge is 2.31. The lowest BCUT2D eigenvalue weighted by Gasteiger charge is -2.14. The lowest BCUT2D eigenvalue weighted by Crippen LogP contribution is -2.23. The second-order valence-electron chi connectivity index (χ2n) is 7.92. The molecule has 0 aliphatic heterocycles. The number of nitrogens with one attached hydrogen (secondary N) is 1. The molecule has 0 fully saturated rings. The van der Waals surface area contributed by atoms with Crippen molar-refractivity contribution in [3.63, 3.8) is 0 Å². The summed E-state index contributed by atoms with van der Waals surface area (Å²) in [7, 11) is 0. The van der Waals surface area contributed by atoms with E-state index in [9.17, 15) is 22.8 Å². The molecule has 1 N–H and O–H groups in total. The molecule has 9 heteroatoms. The highest BCUT2D eigenvalue weighted by molar-refractivity contribution is 6.33. The van der Waals surface area contributed by atoms with Crippen LogP contribution in [0.3, 0.4) is 0 Å². The molecule has 4 rings (SSSR count). The van der Waals surface area contributed by atoms with Gasteiger partial charge in [-0.15, -0.1) is 0 Å². The van der Waals surface area contributed by atoms with Crippen molar-refractivity contribution >= 4 is 34.2 Å². The molecule has 1 aromatic heterocycles. The fourth-order valence-corrected chi connectivity index (χ4v) is 3.63. The minimum atomic E-state index is -4.61. The molecule has 0 aliphatic carbocycles. The Labute approximate surface area is 203 Å². The van der Waals surface area contributed by atoms with Gasteiger partial charge >= 0.3 is 6.18 Å². The quantitative estimate of drug-likeness (QED) is 0.328. The molecule has 0 unspecified atom stereocenters. The third-order valence-electron chi connectivity index (χ3n) is 5.42. The Hall–Kier alpha value is -3.78. The minimum Gasteiger partial charge on any atom is -0.476 e. The van der Waals surface area contributed by atoms with Gasteiger partial charge in [-0.2, -0.15) is 13.2 Å². The molecule has 1 amide bonds. The van der Waals surface area contributed by atoms with Crippen molar-refractivity contribution < 1.29 is 27.1 Å². The first kappa shape index (κ1) is 24.3. The Bertz CT molecular complexity index is 1480. The van der Waals surface area contributed by atoms with Gasteiger partial charge < -0.3 is 14.5 Å². The molecular weight excluding hydrogens is 483 g/mol. The van der Waals surface area contributed by atoms with Crippen LogP contribution in [0.15, 0.2) is 69.9 Å². The Morgan fingerprint density at radius 1 is 1.03 bits per heavy atom. The molecule has 35 heavy (non-hydrogen) atoms. The Balaban J connectivity index is 1.67. The summed E-state index contributed by atoms with van der Waals surface area (Å²) in [5.41, 5.74) is 1.06. The molecule has 4 aromatic rings. The van der Waals surface area contributed by atoms with Gasteiger partial charge in [0.15, 0.2) is 12.4 Å². The zero-order valence-corrected chi connectivity index (χ0v) is 19.4. The van der Waals surface area contributed by atoms with E-state index in [1.165, 1.54) is 0 Å². The molecule has 0 spiro atoms. The number of alkyl halides is 3. The molecule has 180 valence electrons. The lowest BCUT2D eigenvalue weighted by atomic mass is 10.0. The summed E-state index contributed by atoms with van der Waals surface area (Å²) in [6.45, 7) is 3.09. The first-order valence-electron chi connectivity index (χ1n) is 10.5. The number of carbonyl (C=O) groups excluding carboxylic acids is 1. The van der Waals surface area contributed by atoms with Crippen LogP contribution in [0.25, 0.3) is 22.3 Å². The molecule has 0 aliphatic rings. The standard InChI is InChI=1S/C26H19ClF3NO4/c1-14-10-18-21(11-15(14)2)35-24(16-6-4-3-5-7-16)25(23(18)33)34-13-22(32)31-20-12-17(26(28,29)30)8-9-19(20)27/h3-12H,13H2,1-2H3,(H,31,32). The molecule has 0 radical (unpaired) electrons. The number of hydrogen-bond donors (Lipinski definition) is 1. The van der Waals surface area contributed by atoms with Gasteiger partial charge in [-0.1, -0.05) is 41.9 Å². The molecule has 0 atom stereocenters. The van der Waals surface area contributed by atoms with Gasteiger partial charge in [0, 0.05) is 5.56 Å². The summed E-state index contributed by atoms with van der Waals surface area (Å²) in [6.07, 6.45) is -4.61. The predicted octanol–water partition coefficient (Wildman–Crippen LogP) is 6.77. The molecule has 3 aromatic carbocycles. The predicted molar refractivity (Wildman–Crippen MR) is 128 cm³/mol. The second-order valence-corrected chi connectivity index (χ2v) is 8.32.